The minimum absolute atomic E-state index is 0.0375. The Hall–Kier alpha value is -8.16. The fraction of sp³-hybridized carbons (Fsp3) is 0.525. The van der Waals surface area contributed by atoms with Crippen molar-refractivity contribution in [3.63, 3.8) is 0 Å². The summed E-state index contributed by atoms with van der Waals surface area (Å²) in [5, 5.41) is 23.9. The number of fused-ring (bicyclic) bond motifs is 2. The Bertz CT molecular complexity index is 2810. The number of carbonyl (C=O) groups excluding carboxylic acids is 8. The van der Waals surface area contributed by atoms with Gasteiger partial charge in [0.25, 0.3) is 0 Å². The van der Waals surface area contributed by atoms with Crippen LogP contribution >= 0.6 is 0 Å². The summed E-state index contributed by atoms with van der Waals surface area (Å²) in [5.41, 5.74) is 27.3. The van der Waals surface area contributed by atoms with Crippen molar-refractivity contribution in [2.75, 3.05) is 53.5 Å². The summed E-state index contributed by atoms with van der Waals surface area (Å²) in [6.45, 7) is 5.48. The Balaban J connectivity index is 1.35. The van der Waals surface area contributed by atoms with Crippen LogP contribution in [0.3, 0.4) is 0 Å². The molecule has 25 heteroatoms. The second-order valence-corrected chi connectivity index (χ2v) is 21.8. The maximum absolute atomic E-state index is 15.3. The molecule has 25 nitrogen and oxygen atoms in total. The average Bonchev–Trinajstić information content (AvgIpc) is 3.11. The first kappa shape index (κ1) is 65.0. The number of rotatable bonds is 29. The van der Waals surface area contributed by atoms with Crippen LogP contribution in [0, 0.1) is 0 Å². The fourth-order valence-electron chi connectivity index (χ4n) is 10.6. The molecule has 0 radical (unpaired) electrons. The Morgan fingerprint density at radius 3 is 1.68 bits per heavy atom. The largest absolute Gasteiger partial charge is 0.481 e. The summed E-state index contributed by atoms with van der Waals surface area (Å²) in [6, 6.07) is 12.2. The number of carbonyl (C=O) groups is 9. The van der Waals surface area contributed by atoms with Crippen molar-refractivity contribution < 1.29 is 53.0 Å². The third kappa shape index (κ3) is 18.9. The van der Waals surface area contributed by atoms with Crippen molar-refractivity contribution >= 4 is 59.3 Å². The van der Waals surface area contributed by atoms with E-state index >= 15 is 14.4 Å². The number of morpholine rings is 1. The van der Waals surface area contributed by atoms with Crippen LogP contribution < -0.4 is 49.5 Å². The summed E-state index contributed by atoms with van der Waals surface area (Å²) in [7, 11) is 2.99. The van der Waals surface area contributed by atoms with E-state index in [9.17, 15) is 33.9 Å². The number of urea groups is 1. The maximum atomic E-state index is 15.3. The van der Waals surface area contributed by atoms with Gasteiger partial charge in [-0.2, -0.15) is 0 Å². The second-order valence-electron chi connectivity index (χ2n) is 21.8. The molecule has 3 aliphatic rings. The minimum atomic E-state index is -1.69. The molecule has 0 aromatic heterocycles. The predicted molar refractivity (Wildman–Crippen MR) is 313 cm³/mol. The molecular formula is C59H84N14O11. The molecule has 1 fully saturated rings. The highest BCUT2D eigenvalue weighted by molar-refractivity contribution is 5.99. The second kappa shape index (κ2) is 32.0. The Morgan fingerprint density at radius 2 is 1.14 bits per heavy atom. The number of primary amides is 1. The van der Waals surface area contributed by atoms with Crippen molar-refractivity contribution in [3.8, 4) is 0 Å². The number of ether oxygens (including phenoxy) is 1. The van der Waals surface area contributed by atoms with Gasteiger partial charge in [0.05, 0.1) is 19.6 Å². The third-order valence-electron chi connectivity index (χ3n) is 15.3. The van der Waals surface area contributed by atoms with Crippen LogP contribution in [0.5, 0.6) is 0 Å². The number of aliphatic imine (C=N–C) groups is 1. The molecule has 3 aromatic carbocycles. The Labute approximate surface area is 490 Å². The molecule has 1 saturated heterocycles. The number of carboxylic acids is 1. The normalized spacial score (nSPS) is 17.5. The zero-order chi connectivity index (χ0) is 60.9. The van der Waals surface area contributed by atoms with Gasteiger partial charge in [0.1, 0.15) is 42.3 Å². The number of amides is 9. The van der Waals surface area contributed by atoms with Crippen molar-refractivity contribution in [3.05, 3.63) is 106 Å². The molecular weight excluding hydrogens is 1080 g/mol. The number of hydrogen-bond donors (Lipinski definition) is 10. The molecule has 0 spiro atoms. The molecule has 6 rings (SSSR count). The van der Waals surface area contributed by atoms with Gasteiger partial charge in [0.15, 0.2) is 5.96 Å². The van der Waals surface area contributed by atoms with E-state index in [1.165, 1.54) is 28.8 Å². The highest BCUT2D eigenvalue weighted by atomic mass is 16.5. The van der Waals surface area contributed by atoms with Gasteiger partial charge in [-0.05, 0) is 78.5 Å². The topological polar surface area (TPSA) is 373 Å². The average molecular weight is 1170 g/mol. The lowest BCUT2D eigenvalue weighted by Crippen LogP contribution is -2.62. The van der Waals surface area contributed by atoms with Gasteiger partial charge in [0, 0.05) is 72.6 Å². The van der Waals surface area contributed by atoms with Crippen LogP contribution in [0.15, 0.2) is 77.8 Å². The van der Waals surface area contributed by atoms with Crippen LogP contribution in [-0.4, -0.2) is 180 Å². The fourth-order valence-corrected chi connectivity index (χ4v) is 10.6. The molecule has 3 aromatic rings. The lowest BCUT2D eigenvalue weighted by molar-refractivity contribution is -0.148. The first-order valence-electron chi connectivity index (χ1n) is 28.8. The van der Waals surface area contributed by atoms with Gasteiger partial charge >= 0.3 is 12.0 Å². The van der Waals surface area contributed by atoms with Crippen LogP contribution in [0.25, 0.3) is 0 Å². The zero-order valence-electron chi connectivity index (χ0n) is 48.4. The molecule has 0 aliphatic carbocycles. The van der Waals surface area contributed by atoms with Gasteiger partial charge in [0.2, 0.25) is 41.4 Å². The predicted octanol–water partition coefficient (Wildman–Crippen LogP) is -0.120. The van der Waals surface area contributed by atoms with Crippen LogP contribution in [-0.2, 0) is 82.0 Å². The summed E-state index contributed by atoms with van der Waals surface area (Å²) in [5.74, 6) is -6.92. The quantitative estimate of drug-likeness (QED) is 0.0246. The number of hydrogen-bond acceptors (Lipinski definition) is 13. The highest BCUT2D eigenvalue weighted by Gasteiger charge is 2.43. The van der Waals surface area contributed by atoms with Gasteiger partial charge in [-0.1, -0.05) is 92.6 Å². The number of benzene rings is 3. The Kier molecular flexibility index (Phi) is 24.8. The van der Waals surface area contributed by atoms with E-state index in [2.05, 4.69) is 36.5 Å². The molecule has 0 bridgehead atoms. The number of aliphatic carboxylic acids is 1. The van der Waals surface area contributed by atoms with E-state index < -0.39 is 102 Å². The Morgan fingerprint density at radius 1 is 0.631 bits per heavy atom. The molecule has 14 N–H and O–H groups in total. The zero-order valence-corrected chi connectivity index (χ0v) is 48.4. The number of unbranched alkanes of at least 4 members (excludes halogenated alkanes) is 2. The van der Waals surface area contributed by atoms with E-state index in [0.29, 0.717) is 68.7 Å². The molecule has 0 unspecified atom stereocenters. The van der Waals surface area contributed by atoms with E-state index in [0.717, 1.165) is 29.8 Å². The van der Waals surface area contributed by atoms with Gasteiger partial charge < -0.3 is 74.1 Å². The van der Waals surface area contributed by atoms with Crippen molar-refractivity contribution in [2.45, 2.75) is 146 Å². The molecule has 0 saturated carbocycles. The summed E-state index contributed by atoms with van der Waals surface area (Å²) < 4.78 is 5.53. The van der Waals surface area contributed by atoms with Crippen molar-refractivity contribution in [1.82, 2.24) is 46.2 Å². The summed E-state index contributed by atoms with van der Waals surface area (Å²) in [6.07, 6.45) is 1.85. The summed E-state index contributed by atoms with van der Waals surface area (Å²) >= 11 is 0. The molecule has 456 valence electrons. The van der Waals surface area contributed by atoms with E-state index in [1.54, 1.807) is 30.3 Å². The third-order valence-corrected chi connectivity index (χ3v) is 15.3. The summed E-state index contributed by atoms with van der Waals surface area (Å²) in [4.78, 5) is 137. The smallest absolute Gasteiger partial charge is 0.317 e. The van der Waals surface area contributed by atoms with Crippen molar-refractivity contribution in [1.29, 1.82) is 0 Å². The van der Waals surface area contributed by atoms with E-state index in [4.69, 9.17) is 27.7 Å². The minimum Gasteiger partial charge on any atom is -0.481 e. The van der Waals surface area contributed by atoms with E-state index in [-0.39, 0.29) is 70.5 Å². The van der Waals surface area contributed by atoms with Gasteiger partial charge in [-0.15, -0.1) is 0 Å². The van der Waals surface area contributed by atoms with Crippen LogP contribution in [0.2, 0.25) is 0 Å². The van der Waals surface area contributed by atoms with E-state index in [1.807, 2.05) is 49.4 Å². The standard InChI is InChI=1S/C59H84N14O11/c1-4-5-17-44(69-59(83)70(2)3)52(77)68-47(33-50(74)75)57(82)73-36-42-16-9-7-14-40(42)32-49(73)55(80)67-46(30-37-20-22-38(23-21-37)34-71-26-28-84-29-27-71)53(78)66-45(19-12-25-64-58(62)63)56(81)72-35-41-15-8-6-13-39(41)31-48(72)54(79)65-43(51(61)76)18-10-11-24-60/h6-9,13-16,20-23,43-49H,4-5,10-12,17-19,24-36,60H2,1-3H3,(H2,61,76)(H,65,79)(H,66,78)(H,67,80)(H,68,77)(H,69,83)(H,74,75)(H4,62,63,64)/t43-,44-,45-,46+,47-,48-,49-/m0/s1. The monoisotopic (exact) mass is 1160 g/mol. The molecule has 7 atom stereocenters. The van der Waals surface area contributed by atoms with Gasteiger partial charge in [-0.3, -0.25) is 48.2 Å². The lowest BCUT2D eigenvalue weighted by Gasteiger charge is -2.39. The number of nitrogens with zero attached hydrogens (tertiary/aromatic N) is 5. The molecule has 3 aliphatic heterocycles. The van der Waals surface area contributed by atoms with Gasteiger partial charge in [-0.25, -0.2) is 4.79 Å². The molecule has 84 heavy (non-hydrogen) atoms. The first-order chi connectivity index (χ1) is 40.3. The van der Waals surface area contributed by atoms with Crippen LogP contribution in [0.4, 0.5) is 4.79 Å². The SMILES string of the molecule is CCCC[C@H](NC(=O)N(C)C)C(=O)N[C@@H](CC(=O)O)C(=O)N1Cc2ccccc2C[C@H]1C(=O)N[C@H](Cc1ccc(CN2CCOCC2)cc1)C(=O)N[C@@H](CCCN=C(N)N)C(=O)N1Cc2ccccc2C[C@H]1C(=O)N[C@@H](CCCCN)C(N)=O. The number of nitrogens with one attached hydrogen (secondary N) is 5. The molecule has 9 amide bonds. The molecule has 3 heterocycles. The number of carboxylic acid groups (broad SMARTS) is 1. The van der Waals surface area contributed by atoms with Crippen molar-refractivity contribution in [2.24, 2.45) is 27.9 Å². The lowest BCUT2D eigenvalue weighted by atomic mass is 9.91. The highest BCUT2D eigenvalue weighted by Crippen LogP contribution is 2.28. The maximum Gasteiger partial charge on any atom is 0.317 e. The first-order valence-corrected chi connectivity index (χ1v) is 28.8. The number of guanidine groups is 1. The number of nitrogens with two attached hydrogens (primary N) is 4. The van der Waals surface area contributed by atoms with Crippen LogP contribution in [0.1, 0.15) is 98.1 Å².